The molecule has 2 aromatic heterocycles. The Balaban J connectivity index is 1.95. The van der Waals surface area contributed by atoms with Gasteiger partial charge in [-0.25, -0.2) is 8.91 Å². The van der Waals surface area contributed by atoms with Gasteiger partial charge in [-0.15, -0.1) is 5.10 Å². The van der Waals surface area contributed by atoms with Gasteiger partial charge < -0.3 is 10.4 Å². The van der Waals surface area contributed by atoms with Gasteiger partial charge in [-0.1, -0.05) is 0 Å². The van der Waals surface area contributed by atoms with Crippen molar-refractivity contribution < 1.29 is 9.50 Å². The summed E-state index contributed by atoms with van der Waals surface area (Å²) < 4.78 is 14.3. The van der Waals surface area contributed by atoms with Crippen LogP contribution in [-0.2, 0) is 0 Å². The number of nitrogens with one attached hydrogen (secondary N) is 1. The van der Waals surface area contributed by atoms with Gasteiger partial charge in [0.05, 0.1) is 12.3 Å². The molecule has 0 fully saturated rings. The maximum atomic E-state index is 12.9. The fraction of sp³-hybridized carbons (Fsp3) is 0.455. The molecule has 2 heterocycles. The minimum Gasteiger partial charge on any atom is -0.393 e. The lowest BCUT2D eigenvalue weighted by atomic mass is 10.2. The predicted octanol–water partition coefficient (Wildman–Crippen LogP) is 1.44. The largest absolute Gasteiger partial charge is 0.393 e. The first-order chi connectivity index (χ1) is 8.15. The van der Waals surface area contributed by atoms with E-state index in [2.05, 4.69) is 15.4 Å². The Bertz CT molecular complexity index is 497. The molecule has 2 N–H and O–H groups in total. The van der Waals surface area contributed by atoms with Gasteiger partial charge >= 0.3 is 0 Å². The van der Waals surface area contributed by atoms with Gasteiger partial charge in [0.1, 0.15) is 5.82 Å². The molecular weight excluding hydrogens is 223 g/mol. The number of rotatable bonds is 5. The summed E-state index contributed by atoms with van der Waals surface area (Å²) in [6.07, 6.45) is 2.56. The summed E-state index contributed by atoms with van der Waals surface area (Å²) in [5, 5.41) is 16.2. The van der Waals surface area contributed by atoms with Crippen molar-refractivity contribution in [2.45, 2.75) is 25.9 Å². The van der Waals surface area contributed by atoms with Gasteiger partial charge in [0.25, 0.3) is 0 Å². The first kappa shape index (κ1) is 11.8. The van der Waals surface area contributed by atoms with Crippen LogP contribution in [0.4, 0.5) is 10.3 Å². The zero-order chi connectivity index (χ0) is 12.3. The third-order valence-electron chi connectivity index (χ3n) is 2.38. The number of aliphatic hydroxyl groups excluding tert-OH is 1. The Labute approximate surface area is 98.3 Å². The summed E-state index contributed by atoms with van der Waals surface area (Å²) in [6.45, 7) is 2.44. The highest BCUT2D eigenvalue weighted by molar-refractivity contribution is 5.42. The average Bonchev–Trinajstić information content (AvgIpc) is 2.66. The summed E-state index contributed by atoms with van der Waals surface area (Å²) in [4.78, 5) is 4.18. The molecule has 17 heavy (non-hydrogen) atoms. The van der Waals surface area contributed by atoms with Crippen molar-refractivity contribution in [1.82, 2.24) is 14.6 Å². The molecule has 92 valence electrons. The maximum absolute atomic E-state index is 12.9. The molecule has 0 aliphatic carbocycles. The average molecular weight is 238 g/mol. The third kappa shape index (κ3) is 3.13. The molecule has 0 bridgehead atoms. The van der Waals surface area contributed by atoms with Gasteiger partial charge in [0.2, 0.25) is 5.95 Å². The molecule has 0 saturated carbocycles. The van der Waals surface area contributed by atoms with Gasteiger partial charge in [-0.05, 0) is 31.9 Å². The van der Waals surface area contributed by atoms with E-state index in [0.717, 1.165) is 12.8 Å². The van der Waals surface area contributed by atoms with E-state index < -0.39 is 0 Å². The number of aromatic nitrogens is 3. The van der Waals surface area contributed by atoms with Crippen LogP contribution in [0.5, 0.6) is 0 Å². The second-order valence-electron chi connectivity index (χ2n) is 4.00. The van der Waals surface area contributed by atoms with Crippen LogP contribution in [0, 0.1) is 5.82 Å². The van der Waals surface area contributed by atoms with Crippen LogP contribution >= 0.6 is 0 Å². The highest BCUT2D eigenvalue weighted by Crippen LogP contribution is 2.07. The molecule has 0 radical (unpaired) electrons. The Kier molecular flexibility index (Phi) is 3.53. The van der Waals surface area contributed by atoms with Crippen molar-refractivity contribution in [2.24, 2.45) is 0 Å². The highest BCUT2D eigenvalue weighted by atomic mass is 19.1. The molecular formula is C11H15FN4O. The van der Waals surface area contributed by atoms with Crippen molar-refractivity contribution in [3.8, 4) is 0 Å². The van der Waals surface area contributed by atoms with E-state index in [1.165, 1.54) is 16.8 Å². The Morgan fingerprint density at radius 1 is 1.53 bits per heavy atom. The van der Waals surface area contributed by atoms with Crippen LogP contribution in [0.2, 0.25) is 0 Å². The number of nitrogens with zero attached hydrogens (tertiary/aromatic N) is 3. The highest BCUT2D eigenvalue weighted by Gasteiger charge is 2.03. The topological polar surface area (TPSA) is 62.5 Å². The van der Waals surface area contributed by atoms with E-state index in [4.69, 9.17) is 5.11 Å². The zero-order valence-electron chi connectivity index (χ0n) is 9.60. The number of anilines is 1. The number of aliphatic hydroxyl groups is 1. The molecule has 1 unspecified atom stereocenters. The Hall–Kier alpha value is -1.69. The zero-order valence-corrected chi connectivity index (χ0v) is 9.60. The van der Waals surface area contributed by atoms with Gasteiger partial charge in [0, 0.05) is 6.54 Å². The molecule has 1 atom stereocenters. The fourth-order valence-electron chi connectivity index (χ4n) is 1.53. The lowest BCUT2D eigenvalue weighted by Gasteiger charge is -2.03. The fourth-order valence-corrected chi connectivity index (χ4v) is 1.53. The van der Waals surface area contributed by atoms with Crippen molar-refractivity contribution in [3.05, 3.63) is 24.1 Å². The SMILES string of the molecule is CC(O)CCCNc1nc2ccc(F)cn2n1. The standard InChI is InChI=1S/C11H15FN4O/c1-8(17)3-2-6-13-11-14-10-5-4-9(12)7-16(10)15-11/h4-5,7-8,17H,2-3,6H2,1H3,(H,13,15). The summed E-state index contributed by atoms with van der Waals surface area (Å²) in [7, 11) is 0. The van der Waals surface area contributed by atoms with E-state index in [1.54, 1.807) is 13.0 Å². The van der Waals surface area contributed by atoms with Gasteiger partial charge in [0.15, 0.2) is 5.65 Å². The lowest BCUT2D eigenvalue weighted by molar-refractivity contribution is 0.183. The van der Waals surface area contributed by atoms with Crippen molar-refractivity contribution in [3.63, 3.8) is 0 Å². The summed E-state index contributed by atoms with van der Waals surface area (Å²) in [6, 6.07) is 2.92. The van der Waals surface area contributed by atoms with Crippen molar-refractivity contribution in [1.29, 1.82) is 0 Å². The van der Waals surface area contributed by atoms with Gasteiger partial charge in [-0.2, -0.15) is 4.98 Å². The molecule has 0 amide bonds. The van der Waals surface area contributed by atoms with Crippen molar-refractivity contribution in [2.75, 3.05) is 11.9 Å². The first-order valence-corrected chi connectivity index (χ1v) is 5.59. The summed E-state index contributed by atoms with van der Waals surface area (Å²) in [5.74, 6) is 0.129. The van der Waals surface area contributed by atoms with E-state index in [0.29, 0.717) is 18.1 Å². The van der Waals surface area contributed by atoms with E-state index in [-0.39, 0.29) is 11.9 Å². The second-order valence-corrected chi connectivity index (χ2v) is 4.00. The monoisotopic (exact) mass is 238 g/mol. The van der Waals surface area contributed by atoms with Crippen LogP contribution in [0.25, 0.3) is 5.65 Å². The van der Waals surface area contributed by atoms with E-state index in [9.17, 15) is 4.39 Å². The molecule has 2 rings (SSSR count). The normalized spacial score (nSPS) is 12.9. The minimum absolute atomic E-state index is 0.292. The molecule has 2 aromatic rings. The molecule has 0 saturated heterocycles. The molecule has 6 heteroatoms. The Morgan fingerprint density at radius 3 is 3.12 bits per heavy atom. The van der Waals surface area contributed by atoms with Crippen LogP contribution in [0.1, 0.15) is 19.8 Å². The minimum atomic E-state index is -0.344. The molecule has 0 aromatic carbocycles. The lowest BCUT2D eigenvalue weighted by Crippen LogP contribution is -2.07. The Morgan fingerprint density at radius 2 is 2.35 bits per heavy atom. The van der Waals surface area contributed by atoms with Crippen LogP contribution in [0.3, 0.4) is 0 Å². The smallest absolute Gasteiger partial charge is 0.243 e. The molecule has 0 aliphatic heterocycles. The van der Waals surface area contributed by atoms with Gasteiger partial charge in [-0.3, -0.25) is 0 Å². The number of halogens is 1. The van der Waals surface area contributed by atoms with Crippen molar-refractivity contribution >= 4 is 11.6 Å². The first-order valence-electron chi connectivity index (χ1n) is 5.59. The molecule has 0 spiro atoms. The second kappa shape index (κ2) is 5.09. The van der Waals surface area contributed by atoms with Crippen LogP contribution in [-0.4, -0.2) is 32.4 Å². The third-order valence-corrected chi connectivity index (χ3v) is 2.38. The maximum Gasteiger partial charge on any atom is 0.243 e. The summed E-state index contributed by atoms with van der Waals surface area (Å²) in [5.41, 5.74) is 0.601. The van der Waals surface area contributed by atoms with Crippen LogP contribution < -0.4 is 5.32 Å². The molecule has 0 aliphatic rings. The van der Waals surface area contributed by atoms with E-state index in [1.807, 2.05) is 0 Å². The molecule has 5 nitrogen and oxygen atoms in total. The summed E-state index contributed by atoms with van der Waals surface area (Å²) >= 11 is 0. The quantitative estimate of drug-likeness (QED) is 0.774. The number of hydrogen-bond acceptors (Lipinski definition) is 4. The van der Waals surface area contributed by atoms with E-state index >= 15 is 0 Å². The number of pyridine rings is 1. The van der Waals surface area contributed by atoms with Crippen LogP contribution in [0.15, 0.2) is 18.3 Å². The predicted molar refractivity (Wildman–Crippen MR) is 62.3 cm³/mol. The number of hydrogen-bond donors (Lipinski definition) is 2. The number of fused-ring (bicyclic) bond motifs is 1.